The smallest absolute Gasteiger partial charge is 0.267 e. The zero-order chi connectivity index (χ0) is 18.0. The Morgan fingerprint density at radius 2 is 1.60 bits per heavy atom. The van der Waals surface area contributed by atoms with E-state index in [0.29, 0.717) is 5.56 Å². The Labute approximate surface area is 145 Å². The molecule has 1 saturated carbocycles. The van der Waals surface area contributed by atoms with Crippen LogP contribution in [0.4, 0.5) is 5.69 Å². The molecule has 130 valence electrons. The highest BCUT2D eigenvalue weighted by atomic mass is 32.2. The van der Waals surface area contributed by atoms with Crippen LogP contribution in [0.25, 0.3) is 0 Å². The van der Waals surface area contributed by atoms with Gasteiger partial charge in [-0.3, -0.25) is 9.59 Å². The SMILES string of the molecule is Nc1ccccc1C(=O)NS(=O)(=O)c1ccc(C(=O)NC2CC2)cc1. The van der Waals surface area contributed by atoms with Crippen LogP contribution in [-0.4, -0.2) is 26.3 Å². The average Bonchev–Trinajstić information content (AvgIpc) is 3.39. The first-order valence-electron chi connectivity index (χ1n) is 7.69. The lowest BCUT2D eigenvalue weighted by Crippen LogP contribution is -2.31. The summed E-state index contributed by atoms with van der Waals surface area (Å²) in [4.78, 5) is 23.9. The molecular weight excluding hydrogens is 342 g/mol. The van der Waals surface area contributed by atoms with Crippen LogP contribution in [-0.2, 0) is 10.0 Å². The van der Waals surface area contributed by atoms with E-state index in [4.69, 9.17) is 5.73 Å². The second-order valence-electron chi connectivity index (χ2n) is 5.79. The zero-order valence-corrected chi connectivity index (χ0v) is 14.0. The lowest BCUT2D eigenvalue weighted by Gasteiger charge is -2.09. The Balaban J connectivity index is 1.74. The zero-order valence-electron chi connectivity index (χ0n) is 13.2. The van der Waals surface area contributed by atoms with Crippen LogP contribution in [0, 0.1) is 0 Å². The molecule has 7 nitrogen and oxygen atoms in total. The minimum absolute atomic E-state index is 0.0755. The first-order chi connectivity index (χ1) is 11.9. The second-order valence-corrected chi connectivity index (χ2v) is 7.48. The molecule has 2 aromatic carbocycles. The monoisotopic (exact) mass is 359 g/mol. The van der Waals surface area contributed by atoms with Crippen LogP contribution >= 0.6 is 0 Å². The van der Waals surface area contributed by atoms with E-state index < -0.39 is 15.9 Å². The molecule has 0 spiro atoms. The lowest BCUT2D eigenvalue weighted by atomic mass is 10.2. The van der Waals surface area contributed by atoms with Crippen molar-refractivity contribution in [1.82, 2.24) is 10.0 Å². The number of carbonyl (C=O) groups excluding carboxylic acids is 2. The van der Waals surface area contributed by atoms with Gasteiger partial charge in [0.25, 0.3) is 21.8 Å². The van der Waals surface area contributed by atoms with Crippen molar-refractivity contribution < 1.29 is 18.0 Å². The Bertz CT molecular complexity index is 919. The average molecular weight is 359 g/mol. The molecule has 0 bridgehead atoms. The lowest BCUT2D eigenvalue weighted by molar-refractivity contribution is 0.0948. The van der Waals surface area contributed by atoms with Crippen molar-refractivity contribution in [3.8, 4) is 0 Å². The number of hydrogen-bond acceptors (Lipinski definition) is 5. The number of rotatable bonds is 5. The maximum Gasteiger partial charge on any atom is 0.267 e. The Kier molecular flexibility index (Phi) is 4.45. The molecule has 2 amide bonds. The molecule has 25 heavy (non-hydrogen) atoms. The molecule has 2 aromatic rings. The summed E-state index contributed by atoms with van der Waals surface area (Å²) >= 11 is 0. The topological polar surface area (TPSA) is 118 Å². The number of nitrogens with two attached hydrogens (primary N) is 1. The van der Waals surface area contributed by atoms with Crippen molar-refractivity contribution in [2.24, 2.45) is 0 Å². The quantitative estimate of drug-likeness (QED) is 0.695. The highest BCUT2D eigenvalue weighted by Gasteiger charge is 2.24. The first-order valence-corrected chi connectivity index (χ1v) is 9.18. The maximum atomic E-state index is 12.3. The van der Waals surface area contributed by atoms with Gasteiger partial charge in [-0.25, -0.2) is 13.1 Å². The van der Waals surface area contributed by atoms with Crippen LogP contribution < -0.4 is 15.8 Å². The minimum Gasteiger partial charge on any atom is -0.398 e. The molecule has 0 radical (unpaired) electrons. The summed E-state index contributed by atoms with van der Waals surface area (Å²) in [6.45, 7) is 0. The Morgan fingerprint density at radius 3 is 2.20 bits per heavy atom. The number of anilines is 1. The predicted molar refractivity (Wildman–Crippen MR) is 92.4 cm³/mol. The number of nitrogens with one attached hydrogen (secondary N) is 2. The van der Waals surface area contributed by atoms with Gasteiger partial charge in [-0.1, -0.05) is 12.1 Å². The second kappa shape index (κ2) is 6.56. The number of nitrogen functional groups attached to an aromatic ring is 1. The highest BCUT2D eigenvalue weighted by Crippen LogP contribution is 2.20. The van der Waals surface area contributed by atoms with Crippen LogP contribution in [0.1, 0.15) is 33.6 Å². The van der Waals surface area contributed by atoms with Gasteiger partial charge in [0.2, 0.25) is 0 Å². The molecule has 0 atom stereocenters. The normalized spacial score (nSPS) is 13.9. The van der Waals surface area contributed by atoms with E-state index in [1.54, 1.807) is 12.1 Å². The predicted octanol–water partition coefficient (Wildman–Crippen LogP) is 1.28. The summed E-state index contributed by atoms with van der Waals surface area (Å²) in [5, 5.41) is 2.82. The molecule has 3 rings (SSSR count). The fourth-order valence-electron chi connectivity index (χ4n) is 2.22. The van der Waals surface area contributed by atoms with Gasteiger partial charge in [0.1, 0.15) is 0 Å². The van der Waals surface area contributed by atoms with Gasteiger partial charge in [-0.15, -0.1) is 0 Å². The molecule has 0 aromatic heterocycles. The van der Waals surface area contributed by atoms with Crippen LogP contribution in [0.2, 0.25) is 0 Å². The standard InChI is InChI=1S/C17H17N3O4S/c18-15-4-2-1-3-14(15)17(22)20-25(23,24)13-9-5-11(6-10-13)16(21)19-12-7-8-12/h1-6,9-10,12H,7-8,18H2,(H,19,21)(H,20,22). The Morgan fingerprint density at radius 1 is 0.960 bits per heavy atom. The fraction of sp³-hybridized carbons (Fsp3) is 0.176. The van der Waals surface area contributed by atoms with Crippen molar-refractivity contribution in [3.05, 3.63) is 59.7 Å². The highest BCUT2D eigenvalue weighted by molar-refractivity contribution is 7.90. The summed E-state index contributed by atoms with van der Waals surface area (Å²) < 4.78 is 26.6. The molecule has 1 fully saturated rings. The van der Waals surface area contributed by atoms with E-state index in [9.17, 15) is 18.0 Å². The molecule has 8 heteroatoms. The van der Waals surface area contributed by atoms with Gasteiger partial charge in [0, 0.05) is 17.3 Å². The third-order valence-electron chi connectivity index (χ3n) is 3.77. The summed E-state index contributed by atoms with van der Waals surface area (Å²) in [7, 11) is -4.06. The maximum absolute atomic E-state index is 12.3. The van der Waals surface area contributed by atoms with Crippen LogP contribution in [0.15, 0.2) is 53.4 Å². The van der Waals surface area contributed by atoms with E-state index in [1.165, 1.54) is 36.4 Å². The molecule has 1 aliphatic carbocycles. The number of para-hydroxylation sites is 1. The van der Waals surface area contributed by atoms with Gasteiger partial charge in [-0.2, -0.15) is 0 Å². The molecule has 1 aliphatic rings. The van der Waals surface area contributed by atoms with Crippen molar-refractivity contribution in [3.63, 3.8) is 0 Å². The first kappa shape index (κ1) is 17.0. The van der Waals surface area contributed by atoms with E-state index >= 15 is 0 Å². The largest absolute Gasteiger partial charge is 0.398 e. The van der Waals surface area contributed by atoms with E-state index in [-0.39, 0.29) is 28.1 Å². The third kappa shape index (κ3) is 3.97. The molecule has 4 N–H and O–H groups in total. The van der Waals surface area contributed by atoms with Gasteiger partial charge < -0.3 is 11.1 Å². The van der Waals surface area contributed by atoms with Gasteiger partial charge in [0.05, 0.1) is 10.5 Å². The number of amides is 2. The molecule has 0 heterocycles. The summed E-state index contributed by atoms with van der Waals surface area (Å²) in [6, 6.07) is 11.8. The molecular formula is C17H17N3O4S. The van der Waals surface area contributed by atoms with Gasteiger partial charge in [-0.05, 0) is 49.2 Å². The van der Waals surface area contributed by atoms with Crippen LogP contribution in [0.5, 0.6) is 0 Å². The number of sulfonamides is 1. The summed E-state index contributed by atoms with van der Waals surface area (Å²) in [5.41, 5.74) is 6.30. The Hall–Kier alpha value is -2.87. The van der Waals surface area contributed by atoms with E-state index in [1.807, 2.05) is 4.72 Å². The van der Waals surface area contributed by atoms with Gasteiger partial charge in [0.15, 0.2) is 0 Å². The van der Waals surface area contributed by atoms with Crippen LogP contribution in [0.3, 0.4) is 0 Å². The molecule has 0 saturated heterocycles. The van der Waals surface area contributed by atoms with Crippen molar-refractivity contribution >= 4 is 27.5 Å². The fourth-order valence-corrected chi connectivity index (χ4v) is 3.19. The number of hydrogen-bond donors (Lipinski definition) is 3. The van der Waals surface area contributed by atoms with E-state index in [0.717, 1.165) is 12.8 Å². The number of benzene rings is 2. The van der Waals surface area contributed by atoms with Crippen molar-refractivity contribution in [2.45, 2.75) is 23.8 Å². The third-order valence-corrected chi connectivity index (χ3v) is 5.12. The van der Waals surface area contributed by atoms with Crippen molar-refractivity contribution in [2.75, 3.05) is 5.73 Å². The number of carbonyl (C=O) groups is 2. The summed E-state index contributed by atoms with van der Waals surface area (Å²) in [5.74, 6) is -1.05. The van der Waals surface area contributed by atoms with Gasteiger partial charge >= 0.3 is 0 Å². The molecule has 0 aliphatic heterocycles. The summed E-state index contributed by atoms with van der Waals surface area (Å²) in [6.07, 6.45) is 1.93. The van der Waals surface area contributed by atoms with E-state index in [2.05, 4.69) is 5.32 Å². The van der Waals surface area contributed by atoms with Crippen molar-refractivity contribution in [1.29, 1.82) is 0 Å². The molecule has 0 unspecified atom stereocenters. The minimum atomic E-state index is -4.06.